The van der Waals surface area contributed by atoms with Crippen LogP contribution < -0.4 is 10.3 Å². The van der Waals surface area contributed by atoms with Gasteiger partial charge in [-0.2, -0.15) is 0 Å². The van der Waals surface area contributed by atoms with Crippen LogP contribution in [0.3, 0.4) is 0 Å². The van der Waals surface area contributed by atoms with Crippen molar-refractivity contribution in [2.75, 3.05) is 6.61 Å². The second-order valence-electron chi connectivity index (χ2n) is 7.15. The molecule has 3 aromatic carbocycles. The van der Waals surface area contributed by atoms with Crippen molar-refractivity contribution >= 4 is 32.3 Å². The first-order valence-electron chi connectivity index (χ1n) is 9.93. The lowest BCUT2D eigenvalue weighted by Gasteiger charge is -2.08. The largest absolute Gasteiger partial charge is 0.494 e. The molecule has 5 heteroatoms. The summed E-state index contributed by atoms with van der Waals surface area (Å²) in [7, 11) is 0. The van der Waals surface area contributed by atoms with Gasteiger partial charge in [-0.1, -0.05) is 54.6 Å². The Bertz CT molecular complexity index is 1370. The molecule has 0 N–H and O–H groups in total. The van der Waals surface area contributed by atoms with Crippen molar-refractivity contribution in [2.24, 2.45) is 0 Å². The number of benzene rings is 3. The van der Waals surface area contributed by atoms with Gasteiger partial charge in [0, 0.05) is 17.5 Å². The molecule has 0 aliphatic rings. The standard InChI is InChI=1S/C25H20N2O2S/c28-25-23-22(20-12-11-18-7-4-5-8-19(18)15-20)16-30-24(23)26-17-27(25)13-6-14-29-21-9-2-1-3-10-21/h1-5,7-12,15-17H,6,13-14H2. The van der Waals surface area contributed by atoms with Crippen LogP contribution in [0.5, 0.6) is 5.75 Å². The van der Waals surface area contributed by atoms with E-state index in [1.54, 1.807) is 10.9 Å². The van der Waals surface area contributed by atoms with Gasteiger partial charge in [0.05, 0.1) is 18.3 Å². The smallest absolute Gasteiger partial charge is 0.262 e. The molecule has 0 saturated heterocycles. The molecule has 0 bridgehead atoms. The van der Waals surface area contributed by atoms with Crippen LogP contribution in [0.1, 0.15) is 6.42 Å². The highest BCUT2D eigenvalue weighted by Gasteiger charge is 2.13. The summed E-state index contributed by atoms with van der Waals surface area (Å²) in [5.74, 6) is 0.842. The Hall–Kier alpha value is -3.44. The van der Waals surface area contributed by atoms with Crippen molar-refractivity contribution in [3.63, 3.8) is 0 Å². The van der Waals surface area contributed by atoms with Crippen LogP contribution in [0.4, 0.5) is 0 Å². The molecule has 0 radical (unpaired) electrons. The molecule has 5 aromatic rings. The lowest BCUT2D eigenvalue weighted by Crippen LogP contribution is -2.21. The Kier molecular flexibility index (Phi) is 5.03. The Morgan fingerprint density at radius 3 is 2.60 bits per heavy atom. The Balaban J connectivity index is 1.41. The average Bonchev–Trinajstić information content (AvgIpc) is 3.23. The van der Waals surface area contributed by atoms with Crippen molar-refractivity contribution in [2.45, 2.75) is 13.0 Å². The second kappa shape index (κ2) is 8.13. The van der Waals surface area contributed by atoms with E-state index >= 15 is 0 Å². The van der Waals surface area contributed by atoms with Gasteiger partial charge in [0.15, 0.2) is 0 Å². The molecule has 4 nitrogen and oxygen atoms in total. The maximum Gasteiger partial charge on any atom is 0.262 e. The van der Waals surface area contributed by atoms with Gasteiger partial charge in [0.2, 0.25) is 0 Å². The van der Waals surface area contributed by atoms with E-state index < -0.39 is 0 Å². The number of aryl methyl sites for hydroxylation is 1. The number of hydrogen-bond acceptors (Lipinski definition) is 4. The lowest BCUT2D eigenvalue weighted by molar-refractivity contribution is 0.301. The topological polar surface area (TPSA) is 44.1 Å². The number of fused-ring (bicyclic) bond motifs is 2. The van der Waals surface area contributed by atoms with E-state index in [1.807, 2.05) is 47.8 Å². The minimum absolute atomic E-state index is 0.00381. The summed E-state index contributed by atoms with van der Waals surface area (Å²) in [5, 5.41) is 5.08. The average molecular weight is 413 g/mol. The number of nitrogens with zero attached hydrogens (tertiary/aromatic N) is 2. The van der Waals surface area contributed by atoms with E-state index in [4.69, 9.17) is 4.74 Å². The van der Waals surface area contributed by atoms with Crippen molar-refractivity contribution < 1.29 is 4.74 Å². The number of rotatable bonds is 6. The molecule has 148 valence electrons. The first kappa shape index (κ1) is 18.6. The lowest BCUT2D eigenvalue weighted by atomic mass is 10.0. The van der Waals surface area contributed by atoms with Gasteiger partial charge >= 0.3 is 0 Å². The molecule has 30 heavy (non-hydrogen) atoms. The van der Waals surface area contributed by atoms with Gasteiger partial charge in [-0.3, -0.25) is 9.36 Å². The second-order valence-corrected chi connectivity index (χ2v) is 8.01. The van der Waals surface area contributed by atoms with E-state index in [0.29, 0.717) is 18.5 Å². The van der Waals surface area contributed by atoms with Crippen molar-refractivity contribution in [3.05, 3.63) is 94.9 Å². The van der Waals surface area contributed by atoms with Crippen molar-refractivity contribution in [1.29, 1.82) is 0 Å². The first-order valence-corrected chi connectivity index (χ1v) is 10.8. The van der Waals surface area contributed by atoms with Crippen LogP contribution in [0.25, 0.3) is 32.1 Å². The van der Waals surface area contributed by atoms with Gasteiger partial charge in [-0.05, 0) is 41.0 Å². The molecular formula is C25H20N2O2S. The Morgan fingerprint density at radius 1 is 0.933 bits per heavy atom. The highest BCUT2D eigenvalue weighted by molar-refractivity contribution is 7.17. The van der Waals surface area contributed by atoms with Crippen molar-refractivity contribution in [1.82, 2.24) is 9.55 Å². The molecule has 0 atom stereocenters. The minimum atomic E-state index is 0.00381. The van der Waals surface area contributed by atoms with Crippen LogP contribution in [0.2, 0.25) is 0 Å². The predicted octanol–water partition coefficient (Wildman–Crippen LogP) is 5.75. The minimum Gasteiger partial charge on any atom is -0.494 e. The van der Waals surface area contributed by atoms with Crippen LogP contribution in [-0.4, -0.2) is 16.2 Å². The van der Waals surface area contributed by atoms with Crippen LogP contribution >= 0.6 is 11.3 Å². The van der Waals surface area contributed by atoms with Crippen LogP contribution in [-0.2, 0) is 6.54 Å². The van der Waals surface area contributed by atoms with E-state index in [1.165, 1.54) is 16.7 Å². The van der Waals surface area contributed by atoms with Crippen LogP contribution in [0.15, 0.2) is 89.3 Å². The van der Waals surface area contributed by atoms with Gasteiger partial charge in [0.1, 0.15) is 10.6 Å². The molecule has 2 heterocycles. The summed E-state index contributed by atoms with van der Waals surface area (Å²) < 4.78 is 7.43. The van der Waals surface area contributed by atoms with E-state index in [9.17, 15) is 4.79 Å². The molecular weight excluding hydrogens is 392 g/mol. The fourth-order valence-electron chi connectivity index (χ4n) is 3.64. The fourth-order valence-corrected chi connectivity index (χ4v) is 4.54. The van der Waals surface area contributed by atoms with E-state index in [0.717, 1.165) is 33.5 Å². The zero-order valence-electron chi connectivity index (χ0n) is 16.3. The molecule has 0 fully saturated rings. The maximum atomic E-state index is 13.2. The van der Waals surface area contributed by atoms with Crippen LogP contribution in [0, 0.1) is 0 Å². The number of para-hydroxylation sites is 1. The first-order chi connectivity index (χ1) is 14.8. The SMILES string of the molecule is O=c1c2c(-c3ccc4ccccc4c3)csc2ncn1CCCOc1ccccc1. The zero-order valence-corrected chi connectivity index (χ0v) is 17.1. The summed E-state index contributed by atoms with van der Waals surface area (Å²) >= 11 is 1.51. The number of ether oxygens (including phenoxy) is 1. The third-order valence-corrected chi connectivity index (χ3v) is 6.06. The highest BCUT2D eigenvalue weighted by atomic mass is 32.1. The molecule has 2 aromatic heterocycles. The normalized spacial score (nSPS) is 11.2. The maximum absolute atomic E-state index is 13.2. The third-order valence-electron chi connectivity index (χ3n) is 5.18. The van der Waals surface area contributed by atoms with E-state index in [2.05, 4.69) is 35.3 Å². The fraction of sp³-hybridized carbons (Fsp3) is 0.120. The molecule has 0 aliphatic heterocycles. The Labute approximate surface area is 178 Å². The zero-order chi connectivity index (χ0) is 20.3. The summed E-state index contributed by atoms with van der Waals surface area (Å²) in [6.07, 6.45) is 2.38. The molecule has 5 rings (SSSR count). The summed E-state index contributed by atoms with van der Waals surface area (Å²) in [6, 6.07) is 24.3. The number of aromatic nitrogens is 2. The van der Waals surface area contributed by atoms with Gasteiger partial charge in [-0.15, -0.1) is 11.3 Å². The van der Waals surface area contributed by atoms with Crippen molar-refractivity contribution in [3.8, 4) is 16.9 Å². The third kappa shape index (κ3) is 3.60. The quantitative estimate of drug-likeness (QED) is 0.334. The van der Waals surface area contributed by atoms with Gasteiger partial charge < -0.3 is 4.74 Å². The molecule has 0 aliphatic carbocycles. The summed E-state index contributed by atoms with van der Waals surface area (Å²) in [4.78, 5) is 18.5. The molecule has 0 saturated carbocycles. The number of hydrogen-bond donors (Lipinski definition) is 0. The van der Waals surface area contributed by atoms with Gasteiger partial charge in [-0.25, -0.2) is 4.98 Å². The Morgan fingerprint density at radius 2 is 1.73 bits per heavy atom. The number of thiophene rings is 1. The molecule has 0 unspecified atom stereocenters. The monoisotopic (exact) mass is 412 g/mol. The summed E-state index contributed by atoms with van der Waals surface area (Å²) in [6.45, 7) is 1.12. The molecule has 0 spiro atoms. The van der Waals surface area contributed by atoms with Gasteiger partial charge in [0.25, 0.3) is 5.56 Å². The van der Waals surface area contributed by atoms with E-state index in [-0.39, 0.29) is 5.56 Å². The highest BCUT2D eigenvalue weighted by Crippen LogP contribution is 2.32. The molecule has 0 amide bonds. The predicted molar refractivity (Wildman–Crippen MR) is 123 cm³/mol. The summed E-state index contributed by atoms with van der Waals surface area (Å²) in [5.41, 5.74) is 2.00.